The van der Waals surface area contributed by atoms with Gasteiger partial charge in [0.15, 0.2) is 5.78 Å². The number of benzene rings is 2. The average Bonchev–Trinajstić information content (AvgIpc) is 2.33. The van der Waals surface area contributed by atoms with Gasteiger partial charge in [0.2, 0.25) is 0 Å². The first-order chi connectivity index (χ1) is 9.32. The summed E-state index contributed by atoms with van der Waals surface area (Å²) in [5.74, 6) is -3.04. The van der Waals surface area contributed by atoms with Crippen LogP contribution >= 0.6 is 0 Å². The molecule has 0 heterocycles. The molecule has 2 rings (SSSR count). The fourth-order valence-electron chi connectivity index (χ4n) is 2.26. The molecule has 0 aliphatic rings. The van der Waals surface area contributed by atoms with Crippen molar-refractivity contribution in [2.24, 2.45) is 0 Å². The van der Waals surface area contributed by atoms with Gasteiger partial charge in [0.1, 0.15) is 17.5 Å². The second kappa shape index (κ2) is 5.12. The van der Waals surface area contributed by atoms with Crippen molar-refractivity contribution in [3.05, 3.63) is 69.5 Å². The van der Waals surface area contributed by atoms with Crippen LogP contribution in [0.25, 0.3) is 0 Å². The lowest BCUT2D eigenvalue weighted by molar-refractivity contribution is 0.102. The van der Waals surface area contributed by atoms with E-state index in [4.69, 9.17) is 0 Å². The van der Waals surface area contributed by atoms with Crippen LogP contribution in [0.5, 0.6) is 0 Å². The van der Waals surface area contributed by atoms with Gasteiger partial charge in [-0.25, -0.2) is 13.2 Å². The van der Waals surface area contributed by atoms with Crippen molar-refractivity contribution < 1.29 is 18.0 Å². The van der Waals surface area contributed by atoms with Crippen LogP contribution in [0.2, 0.25) is 0 Å². The Morgan fingerprint density at radius 2 is 1.40 bits per heavy atom. The van der Waals surface area contributed by atoms with E-state index in [0.717, 1.165) is 6.07 Å². The fourth-order valence-corrected chi connectivity index (χ4v) is 2.26. The van der Waals surface area contributed by atoms with Crippen LogP contribution < -0.4 is 0 Å². The molecule has 0 unspecified atom stereocenters. The second-order valence-corrected chi connectivity index (χ2v) is 4.80. The third-order valence-electron chi connectivity index (χ3n) is 3.24. The van der Waals surface area contributed by atoms with Crippen LogP contribution in [0, 0.1) is 38.2 Å². The molecule has 20 heavy (non-hydrogen) atoms. The third-order valence-corrected chi connectivity index (χ3v) is 3.24. The zero-order valence-corrected chi connectivity index (χ0v) is 11.4. The molecule has 0 amide bonds. The molecule has 0 aromatic heterocycles. The van der Waals surface area contributed by atoms with Crippen molar-refractivity contribution in [3.63, 3.8) is 0 Å². The van der Waals surface area contributed by atoms with Gasteiger partial charge in [-0.15, -0.1) is 0 Å². The number of hydrogen-bond donors (Lipinski definition) is 0. The number of carbonyl (C=O) groups excluding carboxylic acids is 1. The van der Waals surface area contributed by atoms with E-state index < -0.39 is 28.8 Å². The van der Waals surface area contributed by atoms with Crippen LogP contribution in [-0.2, 0) is 0 Å². The summed E-state index contributed by atoms with van der Waals surface area (Å²) in [5.41, 5.74) is 0.436. The molecular weight excluding hydrogens is 265 g/mol. The van der Waals surface area contributed by atoms with E-state index in [1.807, 2.05) is 0 Å². The molecule has 2 aromatic rings. The van der Waals surface area contributed by atoms with Gasteiger partial charge < -0.3 is 0 Å². The molecule has 0 radical (unpaired) electrons. The average molecular weight is 278 g/mol. The largest absolute Gasteiger partial charge is 0.288 e. The highest BCUT2D eigenvalue weighted by Gasteiger charge is 2.23. The minimum absolute atomic E-state index is 0.134. The summed E-state index contributed by atoms with van der Waals surface area (Å²) < 4.78 is 41.0. The number of ketones is 1. The van der Waals surface area contributed by atoms with Crippen molar-refractivity contribution in [1.82, 2.24) is 0 Å². The first-order valence-electron chi connectivity index (χ1n) is 6.09. The molecule has 4 heteroatoms. The number of hydrogen-bond acceptors (Lipinski definition) is 1. The summed E-state index contributed by atoms with van der Waals surface area (Å²) in [4.78, 5) is 12.4. The molecule has 0 aliphatic carbocycles. The zero-order chi connectivity index (χ0) is 15.0. The Labute approximate surface area is 115 Å². The highest BCUT2D eigenvalue weighted by Crippen LogP contribution is 2.24. The molecule has 104 valence electrons. The van der Waals surface area contributed by atoms with E-state index in [0.29, 0.717) is 11.1 Å². The lowest BCUT2D eigenvalue weighted by Crippen LogP contribution is -2.12. The maximum atomic E-state index is 14.0. The first-order valence-corrected chi connectivity index (χ1v) is 6.09. The van der Waals surface area contributed by atoms with E-state index in [1.54, 1.807) is 0 Å². The van der Waals surface area contributed by atoms with Crippen LogP contribution in [0.1, 0.15) is 32.6 Å². The first kappa shape index (κ1) is 14.3. The van der Waals surface area contributed by atoms with Gasteiger partial charge in [-0.3, -0.25) is 4.79 Å². The number of halogens is 3. The summed E-state index contributed by atoms with van der Waals surface area (Å²) in [6.45, 7) is 4.53. The Morgan fingerprint density at radius 3 is 1.95 bits per heavy atom. The molecule has 0 spiro atoms. The molecule has 2 aromatic carbocycles. The van der Waals surface area contributed by atoms with E-state index >= 15 is 0 Å². The van der Waals surface area contributed by atoms with Crippen LogP contribution in [0.3, 0.4) is 0 Å². The Bertz CT molecular complexity index is 682. The van der Waals surface area contributed by atoms with Gasteiger partial charge >= 0.3 is 0 Å². The monoisotopic (exact) mass is 278 g/mol. The normalized spacial score (nSPS) is 10.7. The van der Waals surface area contributed by atoms with Crippen LogP contribution in [0.15, 0.2) is 24.3 Å². The zero-order valence-electron chi connectivity index (χ0n) is 11.4. The van der Waals surface area contributed by atoms with E-state index in [1.165, 1.54) is 39.0 Å². The minimum Gasteiger partial charge on any atom is -0.288 e. The van der Waals surface area contributed by atoms with Gasteiger partial charge in [-0.1, -0.05) is 6.07 Å². The summed E-state index contributed by atoms with van der Waals surface area (Å²) >= 11 is 0. The van der Waals surface area contributed by atoms with Crippen molar-refractivity contribution in [3.8, 4) is 0 Å². The van der Waals surface area contributed by atoms with E-state index in [9.17, 15) is 18.0 Å². The molecule has 0 saturated carbocycles. The van der Waals surface area contributed by atoms with Crippen LogP contribution in [-0.4, -0.2) is 5.78 Å². The summed E-state index contributed by atoms with van der Waals surface area (Å²) in [7, 11) is 0. The van der Waals surface area contributed by atoms with E-state index in [-0.39, 0.29) is 11.1 Å². The van der Waals surface area contributed by atoms with E-state index in [2.05, 4.69) is 0 Å². The second-order valence-electron chi connectivity index (χ2n) is 4.80. The predicted octanol–water partition coefficient (Wildman–Crippen LogP) is 4.26. The molecule has 1 nitrogen and oxygen atoms in total. The Morgan fingerprint density at radius 1 is 0.850 bits per heavy atom. The van der Waals surface area contributed by atoms with Gasteiger partial charge in [-0.2, -0.15) is 0 Å². The maximum Gasteiger partial charge on any atom is 0.199 e. The topological polar surface area (TPSA) is 17.1 Å². The summed E-state index contributed by atoms with van der Waals surface area (Å²) in [5, 5.41) is 0. The minimum atomic E-state index is -0.916. The predicted molar refractivity (Wildman–Crippen MR) is 70.4 cm³/mol. The Hall–Kier alpha value is -2.10. The Kier molecular flexibility index (Phi) is 3.66. The lowest BCUT2D eigenvalue weighted by atomic mass is 9.93. The molecule has 0 atom stereocenters. The van der Waals surface area contributed by atoms with Gasteiger partial charge in [0.05, 0.1) is 5.56 Å². The summed E-state index contributed by atoms with van der Waals surface area (Å²) in [6.07, 6.45) is 0. The molecule has 0 fully saturated rings. The highest BCUT2D eigenvalue weighted by atomic mass is 19.1. The summed E-state index contributed by atoms with van der Waals surface area (Å²) in [6, 6.07) is 4.67. The number of rotatable bonds is 2. The molecule has 0 aliphatic heterocycles. The van der Waals surface area contributed by atoms with Crippen molar-refractivity contribution >= 4 is 5.78 Å². The van der Waals surface area contributed by atoms with Gasteiger partial charge in [-0.05, 0) is 55.7 Å². The molecule has 0 saturated heterocycles. The standard InChI is InChI=1S/C16H13F3O/c1-8-4-5-12(18)14(15(8)19)16(20)13-9(2)6-11(17)7-10(13)3/h4-7H,1-3H3. The van der Waals surface area contributed by atoms with Crippen LogP contribution in [0.4, 0.5) is 13.2 Å². The third kappa shape index (κ3) is 2.33. The lowest BCUT2D eigenvalue weighted by Gasteiger charge is -2.11. The van der Waals surface area contributed by atoms with Crippen molar-refractivity contribution in [2.45, 2.75) is 20.8 Å². The van der Waals surface area contributed by atoms with Crippen molar-refractivity contribution in [1.29, 1.82) is 0 Å². The Balaban J connectivity index is 2.67. The SMILES string of the molecule is Cc1ccc(F)c(C(=O)c2c(C)cc(F)cc2C)c1F. The smallest absolute Gasteiger partial charge is 0.199 e. The number of carbonyl (C=O) groups is 1. The highest BCUT2D eigenvalue weighted by molar-refractivity contribution is 6.11. The number of aryl methyl sites for hydroxylation is 3. The maximum absolute atomic E-state index is 14.0. The van der Waals surface area contributed by atoms with Gasteiger partial charge in [0.25, 0.3) is 0 Å². The van der Waals surface area contributed by atoms with Gasteiger partial charge in [0, 0.05) is 5.56 Å². The molecular formula is C16H13F3O. The quantitative estimate of drug-likeness (QED) is 0.750. The fraction of sp³-hybridized carbons (Fsp3) is 0.188. The molecule has 0 bridgehead atoms. The molecule has 0 N–H and O–H groups in total. The van der Waals surface area contributed by atoms with Crippen molar-refractivity contribution in [2.75, 3.05) is 0 Å².